The molecule has 0 aromatic carbocycles. The Morgan fingerprint density at radius 2 is 2.00 bits per heavy atom. The normalized spacial score (nSPS) is 17.5. The fourth-order valence-corrected chi connectivity index (χ4v) is 1.78. The van der Waals surface area contributed by atoms with Gasteiger partial charge in [0, 0.05) is 6.20 Å². The molecule has 1 aromatic heterocycles. The zero-order valence-corrected chi connectivity index (χ0v) is 6.58. The van der Waals surface area contributed by atoms with Crippen LogP contribution >= 0.6 is 0 Å². The summed E-state index contributed by atoms with van der Waals surface area (Å²) >= 11 is 0. The summed E-state index contributed by atoms with van der Waals surface area (Å²) in [7, 11) is 0. The molecule has 60 valence electrons. The molecule has 1 aromatic rings. The first-order chi connectivity index (χ1) is 5.38. The Balaban J connectivity index is 2.35. The molecule has 0 bridgehead atoms. The number of hydrogen-bond donors (Lipinski definition) is 1. The monoisotopic (exact) mass is 151 g/mol. The van der Waals surface area contributed by atoms with Crippen LogP contribution in [0, 0.1) is 0 Å². The SMILES string of the molecule is On1ccc2c1CCCCC2. The fourth-order valence-electron chi connectivity index (χ4n) is 1.78. The summed E-state index contributed by atoms with van der Waals surface area (Å²) < 4.78 is 1.28. The highest BCUT2D eigenvalue weighted by molar-refractivity contribution is 5.22. The summed E-state index contributed by atoms with van der Waals surface area (Å²) in [6.07, 6.45) is 7.72. The molecule has 0 spiro atoms. The largest absolute Gasteiger partial charge is 0.429 e. The predicted octanol–water partition coefficient (Wildman–Crippen LogP) is 1.99. The van der Waals surface area contributed by atoms with Crippen LogP contribution in [0.1, 0.15) is 30.5 Å². The number of fused-ring (bicyclic) bond motifs is 1. The van der Waals surface area contributed by atoms with Gasteiger partial charge < -0.3 is 5.21 Å². The van der Waals surface area contributed by atoms with E-state index >= 15 is 0 Å². The van der Waals surface area contributed by atoms with E-state index < -0.39 is 0 Å². The fraction of sp³-hybridized carbons (Fsp3) is 0.556. The lowest BCUT2D eigenvalue weighted by molar-refractivity contribution is 0.177. The summed E-state index contributed by atoms with van der Waals surface area (Å²) in [6.45, 7) is 0. The van der Waals surface area contributed by atoms with E-state index in [0.29, 0.717) is 0 Å². The van der Waals surface area contributed by atoms with Gasteiger partial charge >= 0.3 is 0 Å². The third-order valence-corrected chi connectivity index (χ3v) is 2.42. The first-order valence-electron chi connectivity index (χ1n) is 4.26. The van der Waals surface area contributed by atoms with Crippen LogP contribution in [0.2, 0.25) is 0 Å². The lowest BCUT2D eigenvalue weighted by Gasteiger charge is -1.99. The van der Waals surface area contributed by atoms with E-state index in [4.69, 9.17) is 0 Å². The number of hydrogen-bond acceptors (Lipinski definition) is 1. The number of nitrogens with zero attached hydrogens (tertiary/aromatic N) is 1. The van der Waals surface area contributed by atoms with Crippen molar-refractivity contribution in [2.75, 3.05) is 0 Å². The van der Waals surface area contributed by atoms with Crippen LogP contribution in [0.25, 0.3) is 0 Å². The van der Waals surface area contributed by atoms with Gasteiger partial charge in [0.2, 0.25) is 0 Å². The summed E-state index contributed by atoms with van der Waals surface area (Å²) in [5.74, 6) is 0. The highest BCUT2D eigenvalue weighted by atomic mass is 16.5. The predicted molar refractivity (Wildman–Crippen MR) is 42.9 cm³/mol. The third-order valence-electron chi connectivity index (χ3n) is 2.42. The molecular formula is C9H13NO. The molecule has 2 rings (SSSR count). The molecule has 1 aliphatic rings. The van der Waals surface area contributed by atoms with Gasteiger partial charge in [-0.2, -0.15) is 4.73 Å². The van der Waals surface area contributed by atoms with Crippen molar-refractivity contribution in [2.24, 2.45) is 0 Å². The molecule has 1 heterocycles. The molecule has 0 radical (unpaired) electrons. The molecule has 0 aliphatic heterocycles. The second-order valence-electron chi connectivity index (χ2n) is 3.19. The molecule has 0 fully saturated rings. The van der Waals surface area contributed by atoms with E-state index in [1.54, 1.807) is 6.20 Å². The van der Waals surface area contributed by atoms with Crippen LogP contribution in [-0.2, 0) is 12.8 Å². The van der Waals surface area contributed by atoms with Gasteiger partial charge in [-0.05, 0) is 37.3 Å². The minimum atomic E-state index is 1.04. The minimum absolute atomic E-state index is 1.04. The van der Waals surface area contributed by atoms with Gasteiger partial charge in [-0.3, -0.25) is 0 Å². The number of rotatable bonds is 0. The molecule has 1 N–H and O–H groups in total. The summed E-state index contributed by atoms with van der Waals surface area (Å²) in [6, 6.07) is 2.03. The van der Waals surface area contributed by atoms with E-state index in [2.05, 4.69) is 0 Å². The zero-order valence-electron chi connectivity index (χ0n) is 6.58. The van der Waals surface area contributed by atoms with Crippen LogP contribution in [0.5, 0.6) is 0 Å². The quantitative estimate of drug-likeness (QED) is 0.445. The van der Waals surface area contributed by atoms with Crippen LogP contribution in [0.3, 0.4) is 0 Å². The van der Waals surface area contributed by atoms with E-state index in [9.17, 15) is 5.21 Å². The molecule has 0 atom stereocenters. The second-order valence-corrected chi connectivity index (χ2v) is 3.19. The second kappa shape index (κ2) is 2.61. The Hall–Kier alpha value is -0.920. The van der Waals surface area contributed by atoms with Gasteiger partial charge in [0.25, 0.3) is 0 Å². The van der Waals surface area contributed by atoms with Crippen molar-refractivity contribution in [1.82, 2.24) is 4.73 Å². The van der Waals surface area contributed by atoms with Crippen molar-refractivity contribution in [3.8, 4) is 0 Å². The van der Waals surface area contributed by atoms with Crippen LogP contribution in [0.15, 0.2) is 12.3 Å². The van der Waals surface area contributed by atoms with Gasteiger partial charge in [0.1, 0.15) is 0 Å². The van der Waals surface area contributed by atoms with Crippen molar-refractivity contribution < 1.29 is 5.21 Å². The highest BCUT2D eigenvalue weighted by Crippen LogP contribution is 2.20. The van der Waals surface area contributed by atoms with E-state index in [1.165, 1.54) is 29.6 Å². The smallest absolute Gasteiger partial charge is 0.0598 e. The maximum absolute atomic E-state index is 9.34. The van der Waals surface area contributed by atoms with Crippen molar-refractivity contribution in [3.63, 3.8) is 0 Å². The number of aryl methyl sites for hydroxylation is 1. The van der Waals surface area contributed by atoms with Gasteiger partial charge in [-0.15, -0.1) is 0 Å². The van der Waals surface area contributed by atoms with Gasteiger partial charge in [-0.1, -0.05) is 6.42 Å². The Bertz CT molecular complexity index is 252. The summed E-state index contributed by atoms with van der Waals surface area (Å²) in [4.78, 5) is 0. The third kappa shape index (κ3) is 1.13. The molecule has 1 aliphatic carbocycles. The molecular weight excluding hydrogens is 138 g/mol. The standard InChI is InChI=1S/C9H13NO/c11-10-7-6-8-4-2-1-3-5-9(8)10/h6-7,11H,1-5H2. The highest BCUT2D eigenvalue weighted by Gasteiger charge is 2.11. The molecule has 2 nitrogen and oxygen atoms in total. The Kier molecular flexibility index (Phi) is 1.60. The molecule has 0 amide bonds. The van der Waals surface area contributed by atoms with Crippen molar-refractivity contribution in [2.45, 2.75) is 32.1 Å². The van der Waals surface area contributed by atoms with E-state index in [1.807, 2.05) is 6.07 Å². The Morgan fingerprint density at radius 3 is 2.91 bits per heavy atom. The molecule has 0 saturated heterocycles. The minimum Gasteiger partial charge on any atom is -0.429 e. The Labute approximate surface area is 66.4 Å². The van der Waals surface area contributed by atoms with Crippen LogP contribution in [0.4, 0.5) is 0 Å². The topological polar surface area (TPSA) is 25.2 Å². The van der Waals surface area contributed by atoms with Crippen molar-refractivity contribution in [1.29, 1.82) is 0 Å². The van der Waals surface area contributed by atoms with Crippen molar-refractivity contribution in [3.05, 3.63) is 23.5 Å². The first-order valence-corrected chi connectivity index (χ1v) is 4.26. The molecule has 0 unspecified atom stereocenters. The van der Waals surface area contributed by atoms with E-state index in [0.717, 1.165) is 18.5 Å². The molecule has 2 heteroatoms. The van der Waals surface area contributed by atoms with Gasteiger partial charge in [0.15, 0.2) is 0 Å². The zero-order chi connectivity index (χ0) is 7.68. The summed E-state index contributed by atoms with van der Waals surface area (Å²) in [5, 5.41) is 9.34. The van der Waals surface area contributed by atoms with Crippen LogP contribution in [-0.4, -0.2) is 9.94 Å². The molecule has 0 saturated carbocycles. The summed E-state index contributed by atoms with van der Waals surface area (Å²) in [5.41, 5.74) is 2.47. The van der Waals surface area contributed by atoms with Gasteiger partial charge in [-0.25, -0.2) is 0 Å². The average molecular weight is 151 g/mol. The van der Waals surface area contributed by atoms with Gasteiger partial charge in [0.05, 0.1) is 5.69 Å². The first kappa shape index (κ1) is 6.77. The Morgan fingerprint density at radius 1 is 1.18 bits per heavy atom. The lowest BCUT2D eigenvalue weighted by Crippen LogP contribution is -1.97. The average Bonchev–Trinajstić information content (AvgIpc) is 2.25. The van der Waals surface area contributed by atoms with E-state index in [-0.39, 0.29) is 0 Å². The maximum Gasteiger partial charge on any atom is 0.0598 e. The van der Waals surface area contributed by atoms with Crippen LogP contribution < -0.4 is 0 Å². The lowest BCUT2D eigenvalue weighted by atomic mass is 10.1. The molecule has 11 heavy (non-hydrogen) atoms. The maximum atomic E-state index is 9.34. The number of aromatic nitrogens is 1. The van der Waals surface area contributed by atoms with Crippen molar-refractivity contribution >= 4 is 0 Å².